The lowest BCUT2D eigenvalue weighted by molar-refractivity contribution is 0.437. The van der Waals surface area contributed by atoms with Gasteiger partial charge >= 0.3 is 0 Å². The summed E-state index contributed by atoms with van der Waals surface area (Å²) in [5, 5.41) is 0.0473. The van der Waals surface area contributed by atoms with E-state index in [1.807, 2.05) is 4.90 Å². The lowest BCUT2D eigenvalue weighted by atomic mass is 9.97. The Morgan fingerprint density at radius 1 is 1.00 bits per heavy atom. The standard InChI is InChI=1S/C19H16ClF3N4/c1-10-2-6-27(7-3-10)19-15(14-12(22)8-11(21)9-13(14)23)16(20)17-18(26-19)25-5-4-24-17/h4-5,8-10H,2-3,6-7H2,1H3. The van der Waals surface area contributed by atoms with Crippen LogP contribution in [0, 0.1) is 23.4 Å². The molecule has 3 heterocycles. The van der Waals surface area contributed by atoms with Crippen molar-refractivity contribution in [3.05, 3.63) is 47.0 Å². The van der Waals surface area contributed by atoms with Gasteiger partial charge in [0.05, 0.1) is 16.1 Å². The van der Waals surface area contributed by atoms with Crippen LogP contribution >= 0.6 is 11.6 Å². The van der Waals surface area contributed by atoms with Gasteiger partial charge < -0.3 is 4.90 Å². The molecule has 0 amide bonds. The molecule has 0 saturated carbocycles. The van der Waals surface area contributed by atoms with Crippen molar-refractivity contribution in [1.29, 1.82) is 0 Å². The summed E-state index contributed by atoms with van der Waals surface area (Å²) in [7, 11) is 0. The Balaban J connectivity index is 2.00. The highest BCUT2D eigenvalue weighted by Crippen LogP contribution is 2.42. The number of pyridine rings is 1. The molecule has 0 aliphatic carbocycles. The van der Waals surface area contributed by atoms with Gasteiger partial charge in [-0.3, -0.25) is 0 Å². The zero-order valence-corrected chi connectivity index (χ0v) is 15.3. The van der Waals surface area contributed by atoms with Crippen molar-refractivity contribution in [2.45, 2.75) is 19.8 Å². The Hall–Kier alpha value is -2.41. The minimum absolute atomic E-state index is 0.0473. The van der Waals surface area contributed by atoms with Gasteiger partial charge in [0.1, 0.15) is 28.8 Å². The third-order valence-electron chi connectivity index (χ3n) is 4.88. The van der Waals surface area contributed by atoms with Gasteiger partial charge in [-0.25, -0.2) is 28.1 Å². The van der Waals surface area contributed by atoms with Gasteiger partial charge in [0.25, 0.3) is 0 Å². The molecule has 2 aromatic heterocycles. The van der Waals surface area contributed by atoms with Crippen LogP contribution in [-0.4, -0.2) is 28.0 Å². The number of piperidine rings is 1. The van der Waals surface area contributed by atoms with Crippen LogP contribution < -0.4 is 4.90 Å². The van der Waals surface area contributed by atoms with E-state index in [1.165, 1.54) is 12.4 Å². The van der Waals surface area contributed by atoms with E-state index in [1.54, 1.807) is 0 Å². The lowest BCUT2D eigenvalue weighted by Gasteiger charge is -2.33. The molecule has 1 aliphatic heterocycles. The van der Waals surface area contributed by atoms with Crippen molar-refractivity contribution in [2.75, 3.05) is 18.0 Å². The first-order valence-corrected chi connectivity index (χ1v) is 9.03. The van der Waals surface area contributed by atoms with E-state index in [9.17, 15) is 13.2 Å². The van der Waals surface area contributed by atoms with Gasteiger partial charge in [-0.05, 0) is 18.8 Å². The first-order chi connectivity index (χ1) is 13.0. The number of rotatable bonds is 2. The fraction of sp³-hybridized carbons (Fsp3) is 0.316. The van der Waals surface area contributed by atoms with Crippen molar-refractivity contribution in [3.63, 3.8) is 0 Å². The minimum Gasteiger partial charge on any atom is -0.356 e. The zero-order valence-electron chi connectivity index (χ0n) is 14.5. The summed E-state index contributed by atoms with van der Waals surface area (Å²) in [4.78, 5) is 14.8. The van der Waals surface area contributed by atoms with Crippen LogP contribution in [0.5, 0.6) is 0 Å². The van der Waals surface area contributed by atoms with E-state index in [-0.39, 0.29) is 16.1 Å². The van der Waals surface area contributed by atoms with Gasteiger partial charge in [-0.15, -0.1) is 0 Å². The van der Waals surface area contributed by atoms with Crippen LogP contribution in [0.4, 0.5) is 19.0 Å². The average Bonchev–Trinajstić information content (AvgIpc) is 2.63. The maximum absolute atomic E-state index is 14.6. The molecule has 140 valence electrons. The van der Waals surface area contributed by atoms with E-state index >= 15 is 0 Å². The topological polar surface area (TPSA) is 41.9 Å². The summed E-state index contributed by atoms with van der Waals surface area (Å²) in [6.07, 6.45) is 4.75. The third-order valence-corrected chi connectivity index (χ3v) is 5.25. The summed E-state index contributed by atoms with van der Waals surface area (Å²) < 4.78 is 42.5. The summed E-state index contributed by atoms with van der Waals surface area (Å²) >= 11 is 6.52. The molecule has 0 atom stereocenters. The molecule has 8 heteroatoms. The summed E-state index contributed by atoms with van der Waals surface area (Å²) in [6.45, 7) is 3.51. The lowest BCUT2D eigenvalue weighted by Crippen LogP contribution is -2.34. The zero-order chi connectivity index (χ0) is 19.1. The Morgan fingerprint density at radius 3 is 2.30 bits per heavy atom. The van der Waals surface area contributed by atoms with Gasteiger partial charge in [0.2, 0.25) is 0 Å². The van der Waals surface area contributed by atoms with Gasteiger partial charge in [0, 0.05) is 37.6 Å². The largest absolute Gasteiger partial charge is 0.356 e. The Labute approximate surface area is 159 Å². The Kier molecular flexibility index (Phi) is 4.63. The second-order valence-electron chi connectivity index (χ2n) is 6.77. The molecule has 4 nitrogen and oxygen atoms in total. The Bertz CT molecular complexity index is 996. The van der Waals surface area contributed by atoms with E-state index < -0.39 is 23.0 Å². The molecule has 0 bridgehead atoms. The van der Waals surface area contributed by atoms with Crippen LogP contribution in [0.2, 0.25) is 5.02 Å². The molecule has 0 spiro atoms. The molecule has 1 aromatic carbocycles. The first-order valence-electron chi connectivity index (χ1n) is 8.65. The molecule has 27 heavy (non-hydrogen) atoms. The molecule has 3 aromatic rings. The number of nitrogens with zero attached hydrogens (tertiary/aromatic N) is 4. The quantitative estimate of drug-likeness (QED) is 0.615. The number of hydrogen-bond donors (Lipinski definition) is 0. The van der Waals surface area contributed by atoms with Crippen LogP contribution in [0.15, 0.2) is 24.5 Å². The number of aromatic nitrogens is 3. The summed E-state index contributed by atoms with van der Waals surface area (Å²) in [6, 6.07) is 1.27. The Morgan fingerprint density at radius 2 is 1.63 bits per heavy atom. The van der Waals surface area contributed by atoms with Crippen molar-refractivity contribution in [3.8, 4) is 11.1 Å². The summed E-state index contributed by atoms with van der Waals surface area (Å²) in [5.74, 6) is -2.17. The summed E-state index contributed by atoms with van der Waals surface area (Å²) in [5.41, 5.74) is 0.207. The van der Waals surface area contributed by atoms with Crippen LogP contribution in [0.25, 0.3) is 22.3 Å². The molecule has 1 aliphatic rings. The number of benzene rings is 1. The first kappa shape index (κ1) is 18.0. The third kappa shape index (κ3) is 3.20. The monoisotopic (exact) mass is 392 g/mol. The maximum Gasteiger partial charge on any atom is 0.181 e. The number of fused-ring (bicyclic) bond motifs is 1. The van der Waals surface area contributed by atoms with Crippen molar-refractivity contribution in [2.24, 2.45) is 5.92 Å². The second-order valence-corrected chi connectivity index (χ2v) is 7.14. The van der Waals surface area contributed by atoms with E-state index in [0.717, 1.165) is 12.8 Å². The molecule has 0 unspecified atom stereocenters. The van der Waals surface area contributed by atoms with E-state index in [0.29, 0.717) is 42.6 Å². The fourth-order valence-electron chi connectivity index (χ4n) is 3.39. The predicted octanol–water partition coefficient (Wildman–Crippen LogP) is 5.00. The molecule has 1 saturated heterocycles. The van der Waals surface area contributed by atoms with E-state index in [4.69, 9.17) is 11.6 Å². The molecular formula is C19H16ClF3N4. The molecule has 1 fully saturated rings. The number of anilines is 1. The number of halogens is 4. The molecular weight excluding hydrogens is 377 g/mol. The van der Waals surface area contributed by atoms with Gasteiger partial charge in [-0.2, -0.15) is 0 Å². The predicted molar refractivity (Wildman–Crippen MR) is 98.3 cm³/mol. The molecule has 0 radical (unpaired) electrons. The second kappa shape index (κ2) is 6.96. The van der Waals surface area contributed by atoms with Gasteiger partial charge in [-0.1, -0.05) is 18.5 Å². The van der Waals surface area contributed by atoms with Crippen molar-refractivity contribution < 1.29 is 13.2 Å². The number of hydrogen-bond acceptors (Lipinski definition) is 4. The fourth-order valence-corrected chi connectivity index (χ4v) is 3.70. The van der Waals surface area contributed by atoms with Crippen LogP contribution in [-0.2, 0) is 0 Å². The molecule has 4 rings (SSSR count). The SMILES string of the molecule is CC1CCN(c2nc3nccnc3c(Cl)c2-c2c(F)cc(F)cc2F)CC1. The van der Waals surface area contributed by atoms with E-state index in [2.05, 4.69) is 21.9 Å². The normalized spacial score (nSPS) is 15.5. The van der Waals surface area contributed by atoms with Crippen LogP contribution in [0.3, 0.4) is 0 Å². The minimum atomic E-state index is -1.04. The highest BCUT2D eigenvalue weighted by atomic mass is 35.5. The van der Waals surface area contributed by atoms with Crippen molar-refractivity contribution in [1.82, 2.24) is 15.0 Å². The smallest absolute Gasteiger partial charge is 0.181 e. The van der Waals surface area contributed by atoms with Gasteiger partial charge in [0.15, 0.2) is 5.65 Å². The highest BCUT2D eigenvalue weighted by molar-refractivity contribution is 6.38. The highest BCUT2D eigenvalue weighted by Gasteiger charge is 2.28. The average molecular weight is 393 g/mol. The molecule has 0 N–H and O–H groups in total. The van der Waals surface area contributed by atoms with Crippen molar-refractivity contribution >= 4 is 28.6 Å². The van der Waals surface area contributed by atoms with Crippen LogP contribution in [0.1, 0.15) is 19.8 Å². The maximum atomic E-state index is 14.6.